The van der Waals surface area contributed by atoms with Gasteiger partial charge in [0.1, 0.15) is 5.82 Å². The second kappa shape index (κ2) is 7.38. The van der Waals surface area contributed by atoms with E-state index in [2.05, 4.69) is 22.2 Å². The van der Waals surface area contributed by atoms with Crippen LogP contribution in [0, 0.1) is 0 Å². The van der Waals surface area contributed by atoms with Gasteiger partial charge >= 0.3 is 0 Å². The predicted molar refractivity (Wildman–Crippen MR) is 97.4 cm³/mol. The minimum absolute atomic E-state index is 0.0192. The van der Waals surface area contributed by atoms with Crippen molar-refractivity contribution in [2.24, 2.45) is 0 Å². The van der Waals surface area contributed by atoms with Crippen LogP contribution in [-0.2, 0) is 0 Å². The highest BCUT2D eigenvalue weighted by molar-refractivity contribution is 6.35. The van der Waals surface area contributed by atoms with Crippen molar-refractivity contribution in [2.75, 3.05) is 38.5 Å². The second-order valence-electron chi connectivity index (χ2n) is 5.77. The first-order valence-corrected chi connectivity index (χ1v) is 8.44. The fraction of sp³-hybridized carbons (Fsp3) is 0.294. The molecule has 1 fully saturated rings. The van der Waals surface area contributed by atoms with Gasteiger partial charge in [0.05, 0.1) is 10.7 Å². The lowest BCUT2D eigenvalue weighted by molar-refractivity contribution is 0.0664. The van der Waals surface area contributed by atoms with Crippen molar-refractivity contribution in [1.29, 1.82) is 0 Å². The molecule has 0 radical (unpaired) electrons. The minimum Gasteiger partial charge on any atom is -0.339 e. The lowest BCUT2D eigenvalue weighted by Gasteiger charge is -2.32. The molecular formula is C17H18Cl2N4O. The molecule has 0 aliphatic carbocycles. The molecule has 1 aliphatic rings. The number of carbonyl (C=O) groups excluding carboxylic acids is 1. The van der Waals surface area contributed by atoms with Crippen LogP contribution >= 0.6 is 23.2 Å². The lowest BCUT2D eigenvalue weighted by atomic mass is 10.2. The van der Waals surface area contributed by atoms with E-state index in [4.69, 9.17) is 23.2 Å². The van der Waals surface area contributed by atoms with Gasteiger partial charge in [-0.2, -0.15) is 0 Å². The van der Waals surface area contributed by atoms with Crippen molar-refractivity contribution in [2.45, 2.75) is 0 Å². The van der Waals surface area contributed by atoms with Crippen molar-refractivity contribution >= 4 is 40.6 Å². The summed E-state index contributed by atoms with van der Waals surface area (Å²) in [6.07, 6.45) is 1.62. The number of hydrogen-bond donors (Lipinski definition) is 1. The first-order chi connectivity index (χ1) is 11.5. The quantitative estimate of drug-likeness (QED) is 0.904. The first-order valence-electron chi connectivity index (χ1n) is 7.69. The highest BCUT2D eigenvalue weighted by Crippen LogP contribution is 2.28. The number of carbonyl (C=O) groups is 1. The summed E-state index contributed by atoms with van der Waals surface area (Å²) in [6.45, 7) is 3.25. The van der Waals surface area contributed by atoms with Crippen LogP contribution in [0.5, 0.6) is 0 Å². The van der Waals surface area contributed by atoms with E-state index in [1.807, 2.05) is 4.90 Å². The average molecular weight is 365 g/mol. The van der Waals surface area contributed by atoms with Crippen molar-refractivity contribution in [3.63, 3.8) is 0 Å². The Kier molecular flexibility index (Phi) is 5.23. The Bertz CT molecular complexity index is 745. The third-order valence-corrected chi connectivity index (χ3v) is 4.55. The molecule has 1 N–H and O–H groups in total. The molecule has 1 aromatic heterocycles. The van der Waals surface area contributed by atoms with Crippen molar-refractivity contribution in [1.82, 2.24) is 14.8 Å². The Balaban J connectivity index is 1.76. The molecule has 0 bridgehead atoms. The summed E-state index contributed by atoms with van der Waals surface area (Å²) >= 11 is 12.1. The molecule has 1 aliphatic heterocycles. The van der Waals surface area contributed by atoms with Crippen LogP contribution in [0.2, 0.25) is 10.0 Å². The Labute approximate surface area is 151 Å². The number of anilines is 2. The van der Waals surface area contributed by atoms with Crippen LogP contribution in [0.1, 0.15) is 10.4 Å². The number of rotatable bonds is 3. The predicted octanol–water partition coefficient (Wildman–Crippen LogP) is 3.52. The Morgan fingerprint density at radius 3 is 2.62 bits per heavy atom. The standard InChI is InChI=1S/C17H18Cl2N4O/c1-22-6-8-23(9-7-22)17(24)12-4-5-20-16(10-12)21-15-11-13(18)2-3-14(15)19/h2-5,10-11H,6-9H2,1H3,(H,20,21). The Morgan fingerprint density at radius 2 is 1.88 bits per heavy atom. The molecule has 1 amide bonds. The van der Waals surface area contributed by atoms with E-state index in [1.165, 1.54) is 0 Å². The Morgan fingerprint density at radius 1 is 1.12 bits per heavy atom. The van der Waals surface area contributed by atoms with E-state index >= 15 is 0 Å². The third-order valence-electron chi connectivity index (χ3n) is 3.99. The summed E-state index contributed by atoms with van der Waals surface area (Å²) in [4.78, 5) is 21.0. The van der Waals surface area contributed by atoms with E-state index in [1.54, 1.807) is 36.5 Å². The molecule has 2 heterocycles. The molecule has 3 rings (SSSR count). The maximum Gasteiger partial charge on any atom is 0.254 e. The zero-order chi connectivity index (χ0) is 17.1. The number of likely N-dealkylation sites (N-methyl/N-ethyl adjacent to an activating group) is 1. The third kappa shape index (κ3) is 3.98. The van der Waals surface area contributed by atoms with Crippen molar-refractivity contribution in [3.05, 3.63) is 52.1 Å². The largest absolute Gasteiger partial charge is 0.339 e. The van der Waals surface area contributed by atoms with Crippen LogP contribution < -0.4 is 5.32 Å². The normalized spacial score (nSPS) is 15.4. The number of amides is 1. The number of aromatic nitrogens is 1. The molecular weight excluding hydrogens is 347 g/mol. The molecule has 7 heteroatoms. The second-order valence-corrected chi connectivity index (χ2v) is 6.62. The molecule has 0 unspecified atom stereocenters. The van der Waals surface area contributed by atoms with Crippen LogP contribution in [0.25, 0.3) is 0 Å². The van der Waals surface area contributed by atoms with E-state index < -0.39 is 0 Å². The number of piperazine rings is 1. The van der Waals surface area contributed by atoms with Gasteiger partial charge in [-0.25, -0.2) is 4.98 Å². The van der Waals surface area contributed by atoms with Crippen molar-refractivity contribution < 1.29 is 4.79 Å². The summed E-state index contributed by atoms with van der Waals surface area (Å²) in [5.74, 6) is 0.574. The fourth-order valence-electron chi connectivity index (χ4n) is 2.56. The molecule has 24 heavy (non-hydrogen) atoms. The number of hydrogen-bond acceptors (Lipinski definition) is 4. The molecule has 5 nitrogen and oxygen atoms in total. The number of halogens is 2. The lowest BCUT2D eigenvalue weighted by Crippen LogP contribution is -2.47. The van der Waals surface area contributed by atoms with Crippen LogP contribution in [0.4, 0.5) is 11.5 Å². The number of pyridine rings is 1. The van der Waals surface area contributed by atoms with Gasteiger partial charge in [-0.15, -0.1) is 0 Å². The fourth-order valence-corrected chi connectivity index (χ4v) is 2.89. The smallest absolute Gasteiger partial charge is 0.254 e. The number of nitrogens with zero attached hydrogens (tertiary/aromatic N) is 3. The van der Waals surface area contributed by atoms with E-state index in [-0.39, 0.29) is 5.91 Å². The summed E-state index contributed by atoms with van der Waals surface area (Å²) < 4.78 is 0. The van der Waals surface area contributed by atoms with Crippen molar-refractivity contribution in [3.8, 4) is 0 Å². The molecule has 0 saturated carbocycles. The van der Waals surface area contributed by atoms with Gasteiger partial charge in [0.15, 0.2) is 0 Å². The van der Waals surface area contributed by atoms with Crippen LogP contribution in [-0.4, -0.2) is 53.9 Å². The molecule has 0 atom stereocenters. The highest BCUT2D eigenvalue weighted by atomic mass is 35.5. The Hall–Kier alpha value is -1.82. The molecule has 126 valence electrons. The number of nitrogens with one attached hydrogen (secondary N) is 1. The topological polar surface area (TPSA) is 48.5 Å². The molecule has 0 spiro atoms. The van der Waals surface area contributed by atoms with Gasteiger partial charge in [0, 0.05) is 43.0 Å². The summed E-state index contributed by atoms with van der Waals surface area (Å²) in [6, 6.07) is 8.62. The minimum atomic E-state index is 0.0192. The monoisotopic (exact) mass is 364 g/mol. The van der Waals surface area contributed by atoms with E-state index in [0.717, 1.165) is 26.2 Å². The summed E-state index contributed by atoms with van der Waals surface area (Å²) in [5.41, 5.74) is 1.26. The van der Waals surface area contributed by atoms with E-state index in [9.17, 15) is 4.79 Å². The van der Waals surface area contributed by atoms with Crippen LogP contribution in [0.3, 0.4) is 0 Å². The number of benzene rings is 1. The van der Waals surface area contributed by atoms with Gasteiger partial charge in [0.2, 0.25) is 0 Å². The van der Waals surface area contributed by atoms with Gasteiger partial charge in [-0.1, -0.05) is 23.2 Å². The summed E-state index contributed by atoms with van der Waals surface area (Å²) in [5, 5.41) is 4.23. The zero-order valence-electron chi connectivity index (χ0n) is 13.3. The molecule has 1 saturated heterocycles. The van der Waals surface area contributed by atoms with E-state index in [0.29, 0.717) is 27.1 Å². The van der Waals surface area contributed by atoms with Gasteiger partial charge < -0.3 is 15.1 Å². The van der Waals surface area contributed by atoms with Crippen LogP contribution in [0.15, 0.2) is 36.5 Å². The van der Waals surface area contributed by atoms with Gasteiger partial charge in [-0.05, 0) is 37.4 Å². The van der Waals surface area contributed by atoms with Gasteiger partial charge in [0.25, 0.3) is 5.91 Å². The van der Waals surface area contributed by atoms with Gasteiger partial charge in [-0.3, -0.25) is 4.79 Å². The zero-order valence-corrected chi connectivity index (χ0v) is 14.8. The highest BCUT2D eigenvalue weighted by Gasteiger charge is 2.20. The summed E-state index contributed by atoms with van der Waals surface area (Å²) in [7, 11) is 2.06. The SMILES string of the molecule is CN1CCN(C(=O)c2ccnc(Nc3cc(Cl)ccc3Cl)c2)CC1. The molecule has 1 aromatic carbocycles. The first kappa shape index (κ1) is 17.0. The molecule has 2 aromatic rings. The maximum atomic E-state index is 12.6. The average Bonchev–Trinajstić information content (AvgIpc) is 2.58. The maximum absolute atomic E-state index is 12.6.